The topological polar surface area (TPSA) is 78.5 Å². The molecule has 2 N–H and O–H groups in total. The number of halogens is 2. The number of benzene rings is 2. The molecule has 2 aromatic carbocycles. The molecule has 0 bridgehead atoms. The van der Waals surface area contributed by atoms with E-state index in [0.717, 1.165) is 14.9 Å². The minimum Gasteiger partial charge on any atom is -0.324 e. The van der Waals surface area contributed by atoms with Crippen LogP contribution in [0.1, 0.15) is 18.1 Å². The Balaban J connectivity index is 1.74. The van der Waals surface area contributed by atoms with Crippen molar-refractivity contribution in [3.63, 3.8) is 0 Å². The molecule has 2 aromatic rings. The van der Waals surface area contributed by atoms with E-state index in [0.29, 0.717) is 16.3 Å². The molecule has 3 rings (SSSR count). The average Bonchev–Trinajstić information content (AvgIpc) is 2.83. The van der Waals surface area contributed by atoms with E-state index < -0.39 is 23.4 Å². The molecule has 1 aliphatic rings. The van der Waals surface area contributed by atoms with E-state index in [4.69, 9.17) is 11.6 Å². The minimum atomic E-state index is -1.24. The van der Waals surface area contributed by atoms with Crippen molar-refractivity contribution in [1.82, 2.24) is 10.2 Å². The van der Waals surface area contributed by atoms with Gasteiger partial charge in [0.15, 0.2) is 0 Å². The van der Waals surface area contributed by atoms with Crippen LogP contribution in [0.25, 0.3) is 0 Å². The van der Waals surface area contributed by atoms with E-state index in [-0.39, 0.29) is 6.54 Å². The summed E-state index contributed by atoms with van der Waals surface area (Å²) >= 11 is 9.28. The average molecular weight is 451 g/mol. The molecule has 0 aliphatic carbocycles. The van der Waals surface area contributed by atoms with Crippen LogP contribution in [0.5, 0.6) is 0 Å². The smallest absolute Gasteiger partial charge is 0.324 e. The number of nitrogens with zero attached hydrogens (tertiary/aromatic N) is 1. The molecule has 0 aromatic heterocycles. The Hall–Kier alpha value is -2.38. The molecule has 0 radical (unpaired) electrons. The van der Waals surface area contributed by atoms with Crippen molar-refractivity contribution in [3.05, 3.63) is 63.1 Å². The molecule has 1 fully saturated rings. The van der Waals surface area contributed by atoms with Gasteiger partial charge in [-0.25, -0.2) is 4.79 Å². The standard InChI is InChI=1S/C19H17BrClN3O3/c1-11-3-8-14(9-15(11)20)22-16(25)10-24-17(26)19(2,23-18(24)27)12-4-6-13(21)7-5-12/h3-9H,10H2,1-2H3,(H,22,25)(H,23,27)/t19-/m0/s1. The summed E-state index contributed by atoms with van der Waals surface area (Å²) in [6.45, 7) is 3.16. The summed E-state index contributed by atoms with van der Waals surface area (Å²) in [5.41, 5.74) is 0.955. The van der Waals surface area contributed by atoms with Crippen LogP contribution in [-0.4, -0.2) is 29.3 Å². The van der Waals surface area contributed by atoms with Crippen molar-refractivity contribution >= 4 is 51.1 Å². The zero-order chi connectivity index (χ0) is 19.8. The first-order chi connectivity index (χ1) is 12.7. The predicted octanol–water partition coefficient (Wildman–Crippen LogP) is 3.82. The second kappa shape index (κ2) is 7.32. The number of amides is 4. The number of carbonyl (C=O) groups excluding carboxylic acids is 3. The van der Waals surface area contributed by atoms with E-state index in [1.54, 1.807) is 43.3 Å². The third-order valence-electron chi connectivity index (χ3n) is 4.45. The Morgan fingerprint density at radius 3 is 2.52 bits per heavy atom. The van der Waals surface area contributed by atoms with E-state index >= 15 is 0 Å². The van der Waals surface area contributed by atoms with Crippen molar-refractivity contribution in [2.45, 2.75) is 19.4 Å². The first kappa shape index (κ1) is 19.4. The highest BCUT2D eigenvalue weighted by molar-refractivity contribution is 9.10. The lowest BCUT2D eigenvalue weighted by atomic mass is 9.92. The molecule has 27 heavy (non-hydrogen) atoms. The Labute approximate surface area is 170 Å². The summed E-state index contributed by atoms with van der Waals surface area (Å²) in [6, 6.07) is 11.4. The Morgan fingerprint density at radius 2 is 1.89 bits per heavy atom. The van der Waals surface area contributed by atoms with Crippen LogP contribution in [0.3, 0.4) is 0 Å². The van der Waals surface area contributed by atoms with Crippen molar-refractivity contribution in [3.8, 4) is 0 Å². The number of hydrogen-bond donors (Lipinski definition) is 2. The van der Waals surface area contributed by atoms with Gasteiger partial charge in [-0.15, -0.1) is 0 Å². The molecular formula is C19H17BrClN3O3. The van der Waals surface area contributed by atoms with Gasteiger partial charge in [-0.2, -0.15) is 0 Å². The second-order valence-corrected chi connectivity index (χ2v) is 7.76. The first-order valence-electron chi connectivity index (χ1n) is 8.17. The van der Waals surface area contributed by atoms with Gasteiger partial charge in [0.2, 0.25) is 5.91 Å². The molecule has 0 spiro atoms. The highest BCUT2D eigenvalue weighted by Gasteiger charge is 2.49. The lowest BCUT2D eigenvalue weighted by molar-refractivity contribution is -0.133. The third kappa shape index (κ3) is 3.84. The SMILES string of the molecule is Cc1ccc(NC(=O)CN2C(=O)N[C@@](C)(c3ccc(Cl)cc3)C2=O)cc1Br. The van der Waals surface area contributed by atoms with Crippen LogP contribution in [0, 0.1) is 6.92 Å². The molecule has 0 unspecified atom stereocenters. The van der Waals surface area contributed by atoms with Crippen molar-refractivity contribution in [2.75, 3.05) is 11.9 Å². The van der Waals surface area contributed by atoms with E-state index in [1.165, 1.54) is 0 Å². The lowest BCUT2D eigenvalue weighted by Gasteiger charge is -2.22. The summed E-state index contributed by atoms with van der Waals surface area (Å²) in [5.74, 6) is -0.954. The zero-order valence-electron chi connectivity index (χ0n) is 14.7. The van der Waals surface area contributed by atoms with Crippen molar-refractivity contribution in [2.24, 2.45) is 0 Å². The van der Waals surface area contributed by atoms with E-state index in [2.05, 4.69) is 26.6 Å². The van der Waals surface area contributed by atoms with Crippen LogP contribution >= 0.6 is 27.5 Å². The van der Waals surface area contributed by atoms with Crippen LogP contribution in [0.15, 0.2) is 46.9 Å². The fraction of sp³-hybridized carbons (Fsp3) is 0.211. The van der Waals surface area contributed by atoms with Gasteiger partial charge in [-0.1, -0.05) is 45.7 Å². The maximum Gasteiger partial charge on any atom is 0.325 e. The number of imide groups is 1. The Bertz CT molecular complexity index is 932. The number of aryl methyl sites for hydroxylation is 1. The first-order valence-corrected chi connectivity index (χ1v) is 9.34. The molecule has 0 saturated carbocycles. The van der Waals surface area contributed by atoms with Gasteiger partial charge in [0.25, 0.3) is 5.91 Å². The molecule has 8 heteroatoms. The lowest BCUT2D eigenvalue weighted by Crippen LogP contribution is -2.42. The molecule has 1 atom stereocenters. The van der Waals surface area contributed by atoms with Crippen LogP contribution in [0.4, 0.5) is 10.5 Å². The predicted molar refractivity (Wildman–Crippen MR) is 107 cm³/mol. The fourth-order valence-electron chi connectivity index (χ4n) is 2.83. The maximum absolute atomic E-state index is 12.8. The highest BCUT2D eigenvalue weighted by Crippen LogP contribution is 2.29. The van der Waals surface area contributed by atoms with Gasteiger partial charge in [0.05, 0.1) is 0 Å². The van der Waals surface area contributed by atoms with Crippen LogP contribution in [-0.2, 0) is 15.1 Å². The van der Waals surface area contributed by atoms with Crippen LogP contribution in [0.2, 0.25) is 5.02 Å². The summed E-state index contributed by atoms with van der Waals surface area (Å²) in [5, 5.41) is 5.88. The summed E-state index contributed by atoms with van der Waals surface area (Å²) < 4.78 is 0.852. The Morgan fingerprint density at radius 1 is 1.22 bits per heavy atom. The van der Waals surface area contributed by atoms with Crippen molar-refractivity contribution < 1.29 is 14.4 Å². The summed E-state index contributed by atoms with van der Waals surface area (Å²) in [6.07, 6.45) is 0. The number of urea groups is 1. The molecule has 1 aliphatic heterocycles. The fourth-order valence-corrected chi connectivity index (χ4v) is 3.34. The molecular weight excluding hydrogens is 434 g/mol. The Kier molecular flexibility index (Phi) is 5.26. The number of hydrogen-bond acceptors (Lipinski definition) is 3. The van der Waals surface area contributed by atoms with Gasteiger partial charge in [-0.3, -0.25) is 14.5 Å². The van der Waals surface area contributed by atoms with Gasteiger partial charge < -0.3 is 10.6 Å². The van der Waals surface area contributed by atoms with Crippen molar-refractivity contribution in [1.29, 1.82) is 0 Å². The quantitative estimate of drug-likeness (QED) is 0.695. The second-order valence-electron chi connectivity index (χ2n) is 6.47. The molecule has 4 amide bonds. The zero-order valence-corrected chi connectivity index (χ0v) is 17.0. The van der Waals surface area contributed by atoms with Gasteiger partial charge in [-0.05, 0) is 49.2 Å². The van der Waals surface area contributed by atoms with E-state index in [9.17, 15) is 14.4 Å². The minimum absolute atomic E-state index is 0.376. The van der Waals surface area contributed by atoms with Crippen LogP contribution < -0.4 is 10.6 Å². The number of nitrogens with one attached hydrogen (secondary N) is 2. The summed E-state index contributed by atoms with van der Waals surface area (Å²) in [4.78, 5) is 38.4. The third-order valence-corrected chi connectivity index (χ3v) is 5.56. The molecule has 140 valence electrons. The number of carbonyl (C=O) groups is 3. The van der Waals surface area contributed by atoms with E-state index in [1.807, 2.05) is 13.0 Å². The van der Waals surface area contributed by atoms with Gasteiger partial charge in [0, 0.05) is 15.2 Å². The molecule has 1 saturated heterocycles. The normalized spacial score (nSPS) is 19.2. The largest absolute Gasteiger partial charge is 0.325 e. The molecule has 6 nitrogen and oxygen atoms in total. The number of anilines is 1. The van der Waals surface area contributed by atoms with Gasteiger partial charge in [0.1, 0.15) is 12.1 Å². The summed E-state index contributed by atoms with van der Waals surface area (Å²) in [7, 11) is 0. The molecule has 1 heterocycles. The highest BCUT2D eigenvalue weighted by atomic mass is 79.9. The maximum atomic E-state index is 12.8. The van der Waals surface area contributed by atoms with Gasteiger partial charge >= 0.3 is 6.03 Å². The monoisotopic (exact) mass is 449 g/mol. The number of rotatable bonds is 4.